The Morgan fingerprint density at radius 1 is 1.29 bits per heavy atom. The van der Waals surface area contributed by atoms with Crippen molar-refractivity contribution in [1.29, 1.82) is 0 Å². The molecule has 9 heteroatoms. The fraction of sp³-hybridized carbons (Fsp3) is 0.368. The first-order valence-corrected chi connectivity index (χ1v) is 10.2. The molecule has 7 nitrogen and oxygen atoms in total. The quantitative estimate of drug-likeness (QED) is 0.419. The number of rotatable bonds is 5. The van der Waals surface area contributed by atoms with Crippen molar-refractivity contribution >= 4 is 45.5 Å². The lowest BCUT2D eigenvalue weighted by molar-refractivity contribution is -0.118. The Balaban J connectivity index is 1.75. The van der Waals surface area contributed by atoms with Crippen molar-refractivity contribution in [2.24, 2.45) is 0 Å². The summed E-state index contributed by atoms with van der Waals surface area (Å²) in [4.78, 5) is 23.3. The molecule has 28 heavy (non-hydrogen) atoms. The average Bonchev–Trinajstić information content (AvgIpc) is 3.20. The summed E-state index contributed by atoms with van der Waals surface area (Å²) in [6.07, 6.45) is 3.11. The molecule has 1 aliphatic carbocycles. The number of amides is 1. The van der Waals surface area contributed by atoms with E-state index < -0.39 is 6.08 Å². The van der Waals surface area contributed by atoms with Crippen LogP contribution in [0.2, 0.25) is 0 Å². The van der Waals surface area contributed by atoms with Gasteiger partial charge in [-0.3, -0.25) is 4.79 Å². The Morgan fingerprint density at radius 3 is 2.79 bits per heavy atom. The normalized spacial score (nSPS) is 13.1. The van der Waals surface area contributed by atoms with Gasteiger partial charge in [0, 0.05) is 30.0 Å². The number of carbonyl (C=O) groups is 1. The monoisotopic (exact) mass is 494 g/mol. The summed E-state index contributed by atoms with van der Waals surface area (Å²) < 4.78 is 16.8. The van der Waals surface area contributed by atoms with E-state index in [4.69, 9.17) is 5.73 Å². The van der Waals surface area contributed by atoms with Gasteiger partial charge in [-0.1, -0.05) is 6.07 Å². The van der Waals surface area contributed by atoms with Gasteiger partial charge in [-0.05, 0) is 64.6 Å². The van der Waals surface area contributed by atoms with E-state index in [0.29, 0.717) is 30.7 Å². The molecule has 0 aliphatic heterocycles. The second-order valence-corrected chi connectivity index (χ2v) is 8.12. The molecule has 1 aliphatic rings. The Hall–Kier alpha value is -2.30. The Labute approximate surface area is 175 Å². The first-order chi connectivity index (χ1) is 13.4. The van der Waals surface area contributed by atoms with Crippen molar-refractivity contribution < 1.29 is 9.18 Å². The van der Waals surface area contributed by atoms with E-state index in [9.17, 15) is 9.18 Å². The van der Waals surface area contributed by atoms with Crippen LogP contribution in [0.25, 0.3) is 11.2 Å². The minimum atomic E-state index is -0.885. The van der Waals surface area contributed by atoms with E-state index in [1.54, 1.807) is 0 Å². The Bertz CT molecular complexity index is 1080. The predicted molar refractivity (Wildman–Crippen MR) is 112 cm³/mol. The SMILES string of the molecule is CC(=O)NCCn1c(Cc2cc3c(cc2I)CCC3)nc2c(N)nc(F)nc21. The van der Waals surface area contributed by atoms with E-state index in [1.807, 2.05) is 4.57 Å². The van der Waals surface area contributed by atoms with Crippen molar-refractivity contribution in [3.63, 3.8) is 0 Å². The highest BCUT2D eigenvalue weighted by Crippen LogP contribution is 2.29. The number of aromatic nitrogens is 4. The van der Waals surface area contributed by atoms with Gasteiger partial charge < -0.3 is 15.6 Å². The topological polar surface area (TPSA) is 98.7 Å². The highest BCUT2D eigenvalue weighted by Gasteiger charge is 2.19. The third-order valence-corrected chi connectivity index (χ3v) is 6.00. The zero-order valence-electron chi connectivity index (χ0n) is 15.4. The van der Waals surface area contributed by atoms with Crippen molar-refractivity contribution in [3.8, 4) is 0 Å². The maximum absolute atomic E-state index is 13.8. The van der Waals surface area contributed by atoms with Gasteiger partial charge >= 0.3 is 6.08 Å². The van der Waals surface area contributed by atoms with Crippen LogP contribution in [0.5, 0.6) is 0 Å². The van der Waals surface area contributed by atoms with Crippen molar-refractivity contribution in [2.75, 3.05) is 12.3 Å². The molecule has 2 aromatic heterocycles. The lowest BCUT2D eigenvalue weighted by Gasteiger charge is -2.11. The predicted octanol–water partition coefficient (Wildman–Crippen LogP) is 2.37. The fourth-order valence-electron chi connectivity index (χ4n) is 3.70. The zero-order valence-corrected chi connectivity index (χ0v) is 17.6. The van der Waals surface area contributed by atoms with Crippen LogP contribution in [-0.4, -0.2) is 32.0 Å². The van der Waals surface area contributed by atoms with Gasteiger partial charge in [-0.15, -0.1) is 0 Å². The van der Waals surface area contributed by atoms with Gasteiger partial charge in [0.05, 0.1) is 0 Å². The van der Waals surface area contributed by atoms with Crippen LogP contribution in [0.15, 0.2) is 12.1 Å². The third-order valence-electron chi connectivity index (χ3n) is 4.99. The Kier molecular flexibility index (Phi) is 5.17. The molecule has 0 saturated carbocycles. The van der Waals surface area contributed by atoms with Gasteiger partial charge in [0.2, 0.25) is 5.91 Å². The molecule has 3 aromatic rings. The van der Waals surface area contributed by atoms with E-state index in [2.05, 4.69) is 55.0 Å². The summed E-state index contributed by atoms with van der Waals surface area (Å²) in [5.41, 5.74) is 10.6. The van der Waals surface area contributed by atoms with Gasteiger partial charge in [0.25, 0.3) is 0 Å². The number of nitrogens with one attached hydrogen (secondary N) is 1. The van der Waals surface area contributed by atoms with E-state index in [0.717, 1.165) is 18.7 Å². The van der Waals surface area contributed by atoms with Crippen LogP contribution in [0.4, 0.5) is 10.2 Å². The number of imidazole rings is 1. The summed E-state index contributed by atoms with van der Waals surface area (Å²) in [5.74, 6) is 0.618. The molecule has 2 heterocycles. The second kappa shape index (κ2) is 7.61. The summed E-state index contributed by atoms with van der Waals surface area (Å²) in [6.45, 7) is 2.27. The second-order valence-electron chi connectivity index (χ2n) is 6.96. The molecule has 1 amide bonds. The van der Waals surface area contributed by atoms with Crippen LogP contribution in [0, 0.1) is 9.65 Å². The standard InChI is InChI=1S/C19H20FIN6O/c1-10(28)23-5-6-27-15(24-16-17(22)25-19(20)26-18(16)27)9-13-7-11-3-2-4-12(11)8-14(13)21/h7-8H,2-6,9H2,1H3,(H,23,28)(H2,22,25,26). The number of hydrogen-bond acceptors (Lipinski definition) is 5. The van der Waals surface area contributed by atoms with Gasteiger partial charge in [0.1, 0.15) is 5.82 Å². The van der Waals surface area contributed by atoms with Crippen molar-refractivity contribution in [1.82, 2.24) is 24.8 Å². The number of aryl methyl sites for hydroxylation is 2. The number of hydrogen-bond donors (Lipinski definition) is 2. The highest BCUT2D eigenvalue weighted by molar-refractivity contribution is 14.1. The van der Waals surface area contributed by atoms with E-state index in [1.165, 1.54) is 33.6 Å². The average molecular weight is 494 g/mol. The number of nitrogens with zero attached hydrogens (tertiary/aromatic N) is 4. The van der Waals surface area contributed by atoms with Crippen LogP contribution >= 0.6 is 22.6 Å². The summed E-state index contributed by atoms with van der Waals surface area (Å²) in [6, 6.07) is 4.49. The summed E-state index contributed by atoms with van der Waals surface area (Å²) >= 11 is 2.35. The fourth-order valence-corrected chi connectivity index (χ4v) is 4.43. The summed E-state index contributed by atoms with van der Waals surface area (Å²) in [7, 11) is 0. The largest absolute Gasteiger partial charge is 0.382 e. The molecule has 1 aromatic carbocycles. The molecule has 0 spiro atoms. The number of anilines is 1. The van der Waals surface area contributed by atoms with Crippen LogP contribution in [-0.2, 0) is 30.6 Å². The van der Waals surface area contributed by atoms with Crippen LogP contribution in [0.3, 0.4) is 0 Å². The van der Waals surface area contributed by atoms with E-state index >= 15 is 0 Å². The molecule has 4 rings (SSSR count). The van der Waals surface area contributed by atoms with Crippen LogP contribution < -0.4 is 11.1 Å². The molecular weight excluding hydrogens is 474 g/mol. The number of fused-ring (bicyclic) bond motifs is 2. The van der Waals surface area contributed by atoms with Crippen molar-refractivity contribution in [3.05, 3.63) is 44.3 Å². The number of benzene rings is 1. The first-order valence-electron chi connectivity index (χ1n) is 9.15. The molecule has 0 bridgehead atoms. The lowest BCUT2D eigenvalue weighted by atomic mass is 10.0. The van der Waals surface area contributed by atoms with Gasteiger partial charge in [0.15, 0.2) is 17.0 Å². The minimum absolute atomic E-state index is 0.0191. The third kappa shape index (κ3) is 3.67. The molecule has 0 saturated heterocycles. The smallest absolute Gasteiger partial charge is 0.312 e. The first kappa shape index (κ1) is 19.0. The summed E-state index contributed by atoms with van der Waals surface area (Å²) in [5, 5.41) is 2.76. The number of nitrogen functional groups attached to an aromatic ring is 1. The molecule has 0 atom stereocenters. The zero-order chi connectivity index (χ0) is 19.8. The van der Waals surface area contributed by atoms with Crippen molar-refractivity contribution in [2.45, 2.75) is 39.2 Å². The number of nitrogens with two attached hydrogens (primary N) is 1. The van der Waals surface area contributed by atoms with E-state index in [-0.39, 0.29) is 11.7 Å². The number of carbonyl (C=O) groups excluding carboxylic acids is 1. The molecular formula is C19H20FIN6O. The molecule has 146 valence electrons. The van der Waals surface area contributed by atoms with Gasteiger partial charge in [-0.25, -0.2) is 4.98 Å². The highest BCUT2D eigenvalue weighted by atomic mass is 127. The van der Waals surface area contributed by atoms with Crippen LogP contribution in [0.1, 0.15) is 35.9 Å². The maximum Gasteiger partial charge on any atom is 0.312 e. The Morgan fingerprint density at radius 2 is 2.04 bits per heavy atom. The maximum atomic E-state index is 13.8. The lowest BCUT2D eigenvalue weighted by Crippen LogP contribution is -2.25. The molecule has 0 fully saturated rings. The molecule has 3 N–H and O–H groups in total. The van der Waals surface area contributed by atoms with Gasteiger partial charge in [-0.2, -0.15) is 14.4 Å². The minimum Gasteiger partial charge on any atom is -0.382 e. The molecule has 0 unspecified atom stereocenters. The number of halogens is 2. The molecule has 0 radical (unpaired) electrons.